The first kappa shape index (κ1) is 15.6. The van der Waals surface area contributed by atoms with E-state index >= 15 is 0 Å². The standard InChI is InChI=1S/C15H19F2NOS/c16-13-7-11(8-14(17)15(13)18-9-20)2-1-10-3-5-12(19)6-4-10/h10-15,19H,3-8H2. The van der Waals surface area contributed by atoms with E-state index in [1.165, 1.54) is 0 Å². The highest BCUT2D eigenvalue weighted by atomic mass is 32.1. The minimum absolute atomic E-state index is 0.207. The molecule has 2 fully saturated rings. The number of rotatable bonds is 1. The molecule has 20 heavy (non-hydrogen) atoms. The molecule has 0 aromatic heterocycles. The summed E-state index contributed by atoms with van der Waals surface area (Å²) in [6, 6.07) is -1.00. The Morgan fingerprint density at radius 1 is 0.950 bits per heavy atom. The van der Waals surface area contributed by atoms with Crippen LogP contribution in [0.4, 0.5) is 8.78 Å². The number of thiocarbonyl (C=S) groups is 1. The van der Waals surface area contributed by atoms with E-state index in [4.69, 9.17) is 0 Å². The Kier molecular flexibility index (Phi) is 5.65. The molecule has 2 aliphatic carbocycles. The van der Waals surface area contributed by atoms with Crippen molar-refractivity contribution in [2.45, 2.75) is 63.0 Å². The summed E-state index contributed by atoms with van der Waals surface area (Å²) < 4.78 is 27.7. The van der Waals surface area contributed by atoms with Crippen LogP contribution in [-0.4, -0.2) is 34.8 Å². The Balaban J connectivity index is 1.90. The van der Waals surface area contributed by atoms with Crippen LogP contribution >= 0.6 is 12.2 Å². The molecule has 2 aliphatic rings. The summed E-state index contributed by atoms with van der Waals surface area (Å²) >= 11 is 4.42. The average Bonchev–Trinajstić information content (AvgIpc) is 2.42. The van der Waals surface area contributed by atoms with Gasteiger partial charge in [-0.05, 0) is 50.7 Å². The summed E-state index contributed by atoms with van der Waals surface area (Å²) in [5.41, 5.74) is 0. The number of aliphatic hydroxyl groups is 1. The SMILES string of the molecule is OC1CCC(C#CC2CC(F)C(N=C=S)C(F)C2)CC1. The van der Waals surface area contributed by atoms with Crippen molar-refractivity contribution in [3.05, 3.63) is 0 Å². The molecular formula is C15H19F2NOS. The first-order valence-electron chi connectivity index (χ1n) is 7.14. The van der Waals surface area contributed by atoms with Crippen molar-refractivity contribution in [2.24, 2.45) is 16.8 Å². The maximum Gasteiger partial charge on any atom is 0.127 e. The highest BCUT2D eigenvalue weighted by Gasteiger charge is 2.37. The molecule has 5 heteroatoms. The number of aliphatic imine (C=N–C) groups is 1. The van der Waals surface area contributed by atoms with E-state index in [0.29, 0.717) is 0 Å². The third-order valence-corrected chi connectivity index (χ3v) is 4.26. The van der Waals surface area contributed by atoms with Gasteiger partial charge in [-0.1, -0.05) is 11.8 Å². The Morgan fingerprint density at radius 2 is 1.50 bits per heavy atom. The van der Waals surface area contributed by atoms with Crippen molar-refractivity contribution < 1.29 is 13.9 Å². The molecule has 0 aromatic rings. The highest BCUT2D eigenvalue weighted by molar-refractivity contribution is 7.78. The molecule has 110 valence electrons. The van der Waals surface area contributed by atoms with Crippen LogP contribution in [0.2, 0.25) is 0 Å². The monoisotopic (exact) mass is 299 g/mol. The van der Waals surface area contributed by atoms with Crippen LogP contribution in [0.25, 0.3) is 0 Å². The van der Waals surface area contributed by atoms with Crippen LogP contribution in [0, 0.1) is 23.7 Å². The minimum Gasteiger partial charge on any atom is -0.393 e. The maximum absolute atomic E-state index is 13.8. The van der Waals surface area contributed by atoms with Crippen LogP contribution in [0.1, 0.15) is 38.5 Å². The van der Waals surface area contributed by atoms with Crippen LogP contribution < -0.4 is 0 Å². The summed E-state index contributed by atoms with van der Waals surface area (Å²) in [4.78, 5) is 3.58. The van der Waals surface area contributed by atoms with Crippen molar-refractivity contribution in [3.63, 3.8) is 0 Å². The Bertz CT molecular complexity index is 421. The van der Waals surface area contributed by atoms with Crippen molar-refractivity contribution in [3.8, 4) is 11.8 Å². The van der Waals surface area contributed by atoms with Crippen LogP contribution in [0.3, 0.4) is 0 Å². The van der Waals surface area contributed by atoms with E-state index in [-0.39, 0.29) is 30.8 Å². The number of nitrogens with zero attached hydrogens (tertiary/aromatic N) is 1. The lowest BCUT2D eigenvalue weighted by molar-refractivity contribution is 0.109. The van der Waals surface area contributed by atoms with E-state index < -0.39 is 18.4 Å². The second-order valence-corrected chi connectivity index (χ2v) is 5.89. The van der Waals surface area contributed by atoms with Crippen molar-refractivity contribution in [1.82, 2.24) is 0 Å². The number of halogens is 2. The normalized spacial score (nSPS) is 41.1. The van der Waals surface area contributed by atoms with Gasteiger partial charge in [0.15, 0.2) is 0 Å². The predicted molar refractivity (Wildman–Crippen MR) is 77.1 cm³/mol. The largest absolute Gasteiger partial charge is 0.393 e. The molecule has 2 saturated carbocycles. The smallest absolute Gasteiger partial charge is 0.127 e. The molecule has 0 aliphatic heterocycles. The molecule has 0 amide bonds. The third kappa shape index (κ3) is 4.09. The molecule has 0 bridgehead atoms. The van der Waals surface area contributed by atoms with Gasteiger partial charge in [0.1, 0.15) is 18.4 Å². The third-order valence-electron chi connectivity index (χ3n) is 4.15. The summed E-state index contributed by atoms with van der Waals surface area (Å²) in [5.74, 6) is 6.18. The molecule has 0 radical (unpaired) electrons. The van der Waals surface area contributed by atoms with Gasteiger partial charge in [0, 0.05) is 11.8 Å². The Labute approximate surface area is 123 Å². The summed E-state index contributed by atoms with van der Waals surface area (Å²) in [6.07, 6.45) is 0.847. The van der Waals surface area contributed by atoms with Crippen molar-refractivity contribution in [1.29, 1.82) is 0 Å². The van der Waals surface area contributed by atoms with Gasteiger partial charge in [-0.25, -0.2) is 13.8 Å². The molecule has 0 saturated heterocycles. The second kappa shape index (κ2) is 7.26. The fourth-order valence-electron chi connectivity index (χ4n) is 2.94. The Morgan fingerprint density at radius 3 is 2.05 bits per heavy atom. The maximum atomic E-state index is 13.8. The van der Waals surface area contributed by atoms with Gasteiger partial charge in [0.2, 0.25) is 0 Å². The van der Waals surface area contributed by atoms with Crippen molar-refractivity contribution >= 4 is 17.4 Å². The second-order valence-electron chi connectivity index (χ2n) is 5.71. The molecule has 2 unspecified atom stereocenters. The van der Waals surface area contributed by atoms with Gasteiger partial charge < -0.3 is 5.11 Å². The molecular weight excluding hydrogens is 280 g/mol. The number of hydrogen-bond donors (Lipinski definition) is 1. The number of hydrogen-bond acceptors (Lipinski definition) is 3. The van der Waals surface area contributed by atoms with Gasteiger partial charge in [0.25, 0.3) is 0 Å². The molecule has 0 spiro atoms. The van der Waals surface area contributed by atoms with Gasteiger partial charge in [0.05, 0.1) is 11.3 Å². The molecule has 2 rings (SSSR count). The quantitative estimate of drug-likeness (QED) is 0.458. The lowest BCUT2D eigenvalue weighted by Gasteiger charge is -2.29. The van der Waals surface area contributed by atoms with E-state index in [0.717, 1.165) is 25.7 Å². The topological polar surface area (TPSA) is 32.6 Å². The number of alkyl halides is 2. The molecule has 0 heterocycles. The zero-order chi connectivity index (χ0) is 14.5. The zero-order valence-electron chi connectivity index (χ0n) is 11.3. The first-order chi connectivity index (χ1) is 9.60. The summed E-state index contributed by atoms with van der Waals surface area (Å²) in [7, 11) is 0. The summed E-state index contributed by atoms with van der Waals surface area (Å²) in [5, 5.41) is 11.5. The van der Waals surface area contributed by atoms with Gasteiger partial charge >= 0.3 is 0 Å². The van der Waals surface area contributed by atoms with Gasteiger partial charge in [-0.3, -0.25) is 0 Å². The van der Waals surface area contributed by atoms with E-state index in [9.17, 15) is 13.9 Å². The van der Waals surface area contributed by atoms with E-state index in [2.05, 4.69) is 34.2 Å². The molecule has 1 N–H and O–H groups in total. The van der Waals surface area contributed by atoms with Crippen LogP contribution in [0.15, 0.2) is 4.99 Å². The number of isothiocyanates is 1. The predicted octanol–water partition coefficient (Wildman–Crippen LogP) is 3.10. The highest BCUT2D eigenvalue weighted by Crippen LogP contribution is 2.31. The van der Waals surface area contributed by atoms with Gasteiger partial charge in [-0.15, -0.1) is 0 Å². The average molecular weight is 299 g/mol. The van der Waals surface area contributed by atoms with E-state index in [1.807, 2.05) is 0 Å². The Hall–Kier alpha value is -0.820. The molecule has 2 atom stereocenters. The molecule has 2 nitrogen and oxygen atoms in total. The lowest BCUT2D eigenvalue weighted by atomic mass is 9.82. The van der Waals surface area contributed by atoms with Crippen molar-refractivity contribution in [2.75, 3.05) is 0 Å². The fraction of sp³-hybridized carbons (Fsp3) is 0.800. The van der Waals surface area contributed by atoms with Gasteiger partial charge in [-0.2, -0.15) is 0 Å². The van der Waals surface area contributed by atoms with E-state index in [1.54, 1.807) is 0 Å². The van der Waals surface area contributed by atoms with Crippen LogP contribution in [0.5, 0.6) is 0 Å². The molecule has 0 aromatic carbocycles. The first-order valence-corrected chi connectivity index (χ1v) is 7.55. The fourth-order valence-corrected chi connectivity index (χ4v) is 3.06. The van der Waals surface area contributed by atoms with Crippen LogP contribution in [-0.2, 0) is 0 Å². The summed E-state index contributed by atoms with van der Waals surface area (Å²) in [6.45, 7) is 0. The lowest BCUT2D eigenvalue weighted by Crippen LogP contribution is -2.38. The zero-order valence-corrected chi connectivity index (χ0v) is 12.1. The number of aliphatic hydroxyl groups excluding tert-OH is 1. The minimum atomic E-state index is -1.33.